The molecule has 2 N–H and O–H groups in total. The van der Waals surface area contributed by atoms with E-state index in [-0.39, 0.29) is 52.8 Å². The molecule has 270 valence electrons. The Kier molecular flexibility index (Phi) is 9.86. The van der Waals surface area contributed by atoms with Gasteiger partial charge in [0.15, 0.2) is 0 Å². The fourth-order valence-corrected chi connectivity index (χ4v) is 8.20. The number of ether oxygens (including phenoxy) is 1. The van der Waals surface area contributed by atoms with Gasteiger partial charge in [0.05, 0.1) is 40.5 Å². The molecule has 1 unspecified atom stereocenters. The highest BCUT2D eigenvalue weighted by atomic mass is 32.2. The average molecular weight is 713 g/mol. The molecule has 1 amide bonds. The Morgan fingerprint density at radius 2 is 1.65 bits per heavy atom. The molecule has 0 radical (unpaired) electrons. The van der Waals surface area contributed by atoms with Crippen molar-refractivity contribution in [1.29, 1.82) is 0 Å². The second-order valence-electron chi connectivity index (χ2n) is 15.5. The summed E-state index contributed by atoms with van der Waals surface area (Å²) < 4.78 is 36.5. The van der Waals surface area contributed by atoms with Gasteiger partial charge in [0.25, 0.3) is 15.9 Å². The molecule has 2 aromatic carbocycles. The van der Waals surface area contributed by atoms with Gasteiger partial charge in [-0.15, -0.1) is 0 Å². The summed E-state index contributed by atoms with van der Waals surface area (Å²) in [5.74, 6) is 0.453. The second kappa shape index (κ2) is 13.9. The van der Waals surface area contributed by atoms with Crippen LogP contribution in [0.4, 0.5) is 11.8 Å². The molecule has 51 heavy (non-hydrogen) atoms. The molecule has 1 saturated heterocycles. The first kappa shape index (κ1) is 36.2. The van der Waals surface area contributed by atoms with Crippen molar-refractivity contribution >= 4 is 27.7 Å². The van der Waals surface area contributed by atoms with Gasteiger partial charge in [-0.05, 0) is 93.8 Å². The molecule has 4 bridgehead atoms. The van der Waals surface area contributed by atoms with Crippen molar-refractivity contribution in [2.45, 2.75) is 96.9 Å². The molecule has 0 aliphatic carbocycles. The summed E-state index contributed by atoms with van der Waals surface area (Å²) in [6.45, 7) is 14.9. The zero-order valence-corrected chi connectivity index (χ0v) is 31.3. The topological polar surface area (TPSA) is 138 Å². The Morgan fingerprint density at radius 3 is 2.35 bits per heavy atom. The molecule has 6 rings (SSSR count). The summed E-state index contributed by atoms with van der Waals surface area (Å²) in [5, 5.41) is 10.9. The lowest BCUT2D eigenvalue weighted by atomic mass is 9.87. The Bertz CT molecular complexity index is 2020. The number of benzene rings is 2. The van der Waals surface area contributed by atoms with Gasteiger partial charge in [0, 0.05) is 23.7 Å². The number of hydrogen-bond acceptors (Lipinski definition) is 9. The van der Waals surface area contributed by atoms with Crippen LogP contribution in [-0.2, 0) is 16.6 Å². The largest absolute Gasteiger partial charge is 0.475 e. The number of carbonyl (C=O) groups excluding carboxylic acids is 1. The van der Waals surface area contributed by atoms with E-state index in [1.165, 1.54) is 12.1 Å². The van der Waals surface area contributed by atoms with E-state index >= 15 is 0 Å². The van der Waals surface area contributed by atoms with Gasteiger partial charge in [0.2, 0.25) is 11.8 Å². The lowest BCUT2D eigenvalue weighted by molar-refractivity contribution is 0.0509. The third-order valence-electron chi connectivity index (χ3n) is 9.52. The molecule has 12 heteroatoms. The van der Waals surface area contributed by atoms with Gasteiger partial charge in [-0.3, -0.25) is 4.79 Å². The Morgan fingerprint density at radius 1 is 0.941 bits per heavy atom. The Balaban J connectivity index is 1.46. The number of aryl methyl sites for hydroxylation is 2. The highest BCUT2D eigenvalue weighted by Gasteiger charge is 2.37. The number of fused-ring (bicyclic) bond motifs is 4. The van der Waals surface area contributed by atoms with Crippen LogP contribution in [0.1, 0.15) is 81.1 Å². The van der Waals surface area contributed by atoms with E-state index in [9.17, 15) is 18.3 Å². The maximum absolute atomic E-state index is 14.6. The number of amides is 1. The summed E-state index contributed by atoms with van der Waals surface area (Å²) in [5.41, 5.74) is 3.08. The number of nitrogens with one attached hydrogen (secondary N) is 1. The van der Waals surface area contributed by atoms with Gasteiger partial charge in [0.1, 0.15) is 12.4 Å². The minimum atomic E-state index is -4.19. The van der Waals surface area contributed by atoms with Crippen molar-refractivity contribution in [1.82, 2.24) is 19.9 Å². The third-order valence-corrected chi connectivity index (χ3v) is 10.8. The molecule has 4 heterocycles. The first-order valence-corrected chi connectivity index (χ1v) is 18.9. The minimum absolute atomic E-state index is 0.0843. The molecule has 2 aromatic heterocycles. The molecule has 2 aliphatic heterocycles. The fourth-order valence-electron chi connectivity index (χ4n) is 7.21. The van der Waals surface area contributed by atoms with Crippen LogP contribution in [0.15, 0.2) is 71.6 Å². The van der Waals surface area contributed by atoms with E-state index < -0.39 is 21.7 Å². The predicted octanol–water partition coefficient (Wildman–Crippen LogP) is 6.54. The average Bonchev–Trinajstić information content (AvgIpc) is 3.56. The standard InChI is InChI=1S/C39H48N6O5S/c1-25-12-8-13-26(2)35(25)31-21-34-42-37(41-31)43-51(48,49)30-16-9-14-27(20-30)36(46)45(29(24-50-34)22-38(3,4)5)23-28-15-10-18-33(40-28)44-19-11-17-32(44)39(6,7)47/h8-10,12-16,18,20-21,29,32,47H,11,17,19,22-24H2,1-7H3,(H,41,42,43)/t29-,32?/m1/s1. The first-order valence-electron chi connectivity index (χ1n) is 17.5. The molecule has 0 spiro atoms. The van der Waals surface area contributed by atoms with E-state index in [2.05, 4.69) is 40.4 Å². The van der Waals surface area contributed by atoms with Crippen LogP contribution in [0.5, 0.6) is 5.88 Å². The van der Waals surface area contributed by atoms with Crippen LogP contribution < -0.4 is 14.4 Å². The molecule has 2 aliphatic rings. The van der Waals surface area contributed by atoms with Gasteiger partial charge in [-0.25, -0.2) is 23.1 Å². The number of pyridine rings is 1. The maximum atomic E-state index is 14.6. The summed E-state index contributed by atoms with van der Waals surface area (Å²) in [6.07, 6.45) is 2.37. The smallest absolute Gasteiger partial charge is 0.264 e. The molecule has 11 nitrogen and oxygen atoms in total. The molecular weight excluding hydrogens is 665 g/mol. The number of aliphatic hydroxyl groups is 1. The lowest BCUT2D eigenvalue weighted by Gasteiger charge is -2.36. The Labute approximate surface area is 301 Å². The van der Waals surface area contributed by atoms with Crippen LogP contribution in [0.25, 0.3) is 11.3 Å². The van der Waals surface area contributed by atoms with Crippen molar-refractivity contribution < 1.29 is 23.1 Å². The highest BCUT2D eigenvalue weighted by Crippen LogP contribution is 2.33. The van der Waals surface area contributed by atoms with Gasteiger partial charge in [-0.1, -0.05) is 51.1 Å². The summed E-state index contributed by atoms with van der Waals surface area (Å²) in [4.78, 5) is 32.5. The number of carbonyl (C=O) groups is 1. The van der Waals surface area contributed by atoms with Gasteiger partial charge < -0.3 is 19.6 Å². The number of sulfonamides is 1. The van der Waals surface area contributed by atoms with E-state index in [1.54, 1.807) is 23.1 Å². The van der Waals surface area contributed by atoms with E-state index in [4.69, 9.17) is 9.72 Å². The fraction of sp³-hybridized carbons (Fsp3) is 0.436. The minimum Gasteiger partial charge on any atom is -0.475 e. The SMILES string of the molecule is Cc1cccc(C)c1-c1cc2nc(n1)NS(=O)(=O)c1cccc(c1)C(=O)N(Cc1cccc(N3CCCC3C(C)(C)O)n1)[C@H](CC(C)(C)C)CO2. The third kappa shape index (κ3) is 8.18. The summed E-state index contributed by atoms with van der Waals surface area (Å²) in [6, 6.07) is 18.9. The maximum Gasteiger partial charge on any atom is 0.264 e. The second-order valence-corrected chi connectivity index (χ2v) is 17.2. The van der Waals surface area contributed by atoms with Crippen LogP contribution in [0, 0.1) is 19.3 Å². The van der Waals surface area contributed by atoms with Crippen molar-refractivity contribution in [2.24, 2.45) is 5.41 Å². The van der Waals surface area contributed by atoms with Crippen LogP contribution in [0.3, 0.4) is 0 Å². The highest BCUT2D eigenvalue weighted by molar-refractivity contribution is 7.92. The zero-order chi connectivity index (χ0) is 36.7. The molecule has 0 saturated carbocycles. The van der Waals surface area contributed by atoms with Crippen molar-refractivity contribution in [3.8, 4) is 17.1 Å². The normalized spacial score (nSPS) is 19.4. The number of anilines is 2. The quantitative estimate of drug-likeness (QED) is 0.228. The first-order chi connectivity index (χ1) is 24.0. The van der Waals surface area contributed by atoms with Crippen molar-refractivity contribution in [3.05, 3.63) is 89.1 Å². The summed E-state index contributed by atoms with van der Waals surface area (Å²) >= 11 is 0. The van der Waals surface area contributed by atoms with E-state index in [0.29, 0.717) is 17.8 Å². The van der Waals surface area contributed by atoms with Crippen LogP contribution in [0.2, 0.25) is 0 Å². The Hall–Kier alpha value is -4.55. The zero-order valence-electron chi connectivity index (χ0n) is 30.5. The molecular formula is C39H48N6O5S. The van der Waals surface area contributed by atoms with Gasteiger partial charge in [-0.2, -0.15) is 4.98 Å². The number of nitrogens with zero attached hydrogens (tertiary/aromatic N) is 5. The molecule has 2 atom stereocenters. The van der Waals surface area contributed by atoms with Crippen molar-refractivity contribution in [3.63, 3.8) is 0 Å². The van der Waals surface area contributed by atoms with Crippen LogP contribution in [-0.4, -0.2) is 70.1 Å². The van der Waals surface area contributed by atoms with E-state index in [0.717, 1.165) is 41.9 Å². The van der Waals surface area contributed by atoms with E-state index in [1.807, 2.05) is 64.1 Å². The summed E-state index contributed by atoms with van der Waals surface area (Å²) in [7, 11) is -4.19. The van der Waals surface area contributed by atoms with Gasteiger partial charge >= 0.3 is 0 Å². The lowest BCUT2D eigenvalue weighted by Crippen LogP contribution is -2.46. The number of rotatable bonds is 6. The molecule has 1 fully saturated rings. The monoisotopic (exact) mass is 712 g/mol. The number of hydrogen-bond donors (Lipinski definition) is 2. The van der Waals surface area contributed by atoms with Crippen molar-refractivity contribution in [2.75, 3.05) is 22.8 Å². The predicted molar refractivity (Wildman–Crippen MR) is 198 cm³/mol. The van der Waals surface area contributed by atoms with Crippen LogP contribution >= 0.6 is 0 Å². The molecule has 4 aromatic rings. The number of aromatic nitrogens is 3.